The maximum absolute atomic E-state index is 12.1. The lowest BCUT2D eigenvalue weighted by Gasteiger charge is -2.33. The summed E-state index contributed by atoms with van der Waals surface area (Å²) in [6.07, 6.45) is 5.28. The summed E-state index contributed by atoms with van der Waals surface area (Å²) < 4.78 is 4.85. The average Bonchev–Trinajstić information content (AvgIpc) is 2.55. The first kappa shape index (κ1) is 15.2. The average molecular weight is 254 g/mol. The number of hydrogen-bond donors (Lipinski definition) is 0. The van der Waals surface area contributed by atoms with E-state index in [4.69, 9.17) is 4.74 Å². The van der Waals surface area contributed by atoms with E-state index in [2.05, 4.69) is 27.7 Å². The van der Waals surface area contributed by atoms with Crippen LogP contribution in [0.5, 0.6) is 0 Å². The third kappa shape index (κ3) is 3.12. The monoisotopic (exact) mass is 254 g/mol. The van der Waals surface area contributed by atoms with Gasteiger partial charge in [0, 0.05) is 0 Å². The molecule has 0 amide bonds. The van der Waals surface area contributed by atoms with Gasteiger partial charge >= 0.3 is 11.9 Å². The Morgan fingerprint density at radius 3 is 2.22 bits per heavy atom. The van der Waals surface area contributed by atoms with Gasteiger partial charge in [0.1, 0.15) is 0 Å². The van der Waals surface area contributed by atoms with Crippen LogP contribution in [0.25, 0.3) is 0 Å². The van der Waals surface area contributed by atoms with Crippen molar-refractivity contribution in [2.45, 2.75) is 66.2 Å². The van der Waals surface area contributed by atoms with Crippen LogP contribution in [-0.2, 0) is 14.3 Å². The molecule has 1 rings (SSSR count). The maximum Gasteiger partial charge on any atom is 0.320 e. The topological polar surface area (TPSA) is 43.4 Å². The summed E-state index contributed by atoms with van der Waals surface area (Å²) in [5, 5.41) is 0. The molecule has 3 atom stereocenters. The summed E-state index contributed by atoms with van der Waals surface area (Å²) in [7, 11) is 0. The highest BCUT2D eigenvalue weighted by molar-refractivity contribution is 5.97. The fourth-order valence-corrected chi connectivity index (χ4v) is 3.23. The van der Waals surface area contributed by atoms with Crippen LogP contribution < -0.4 is 0 Å². The van der Waals surface area contributed by atoms with Crippen molar-refractivity contribution in [2.24, 2.45) is 17.3 Å². The number of carbonyl (C=O) groups is 2. The van der Waals surface area contributed by atoms with E-state index >= 15 is 0 Å². The van der Waals surface area contributed by atoms with Gasteiger partial charge in [-0.2, -0.15) is 0 Å². The van der Waals surface area contributed by atoms with Gasteiger partial charge in [-0.05, 0) is 24.7 Å². The molecule has 18 heavy (non-hydrogen) atoms. The molecule has 3 nitrogen and oxygen atoms in total. The van der Waals surface area contributed by atoms with Gasteiger partial charge in [0.15, 0.2) is 0 Å². The Hall–Kier alpha value is -0.860. The standard InChI is InChI=1S/C15H26O3/c1-5-7-11(3)9-15(12(4)8-6-2)10-13(16)18-14(15)17/h11-12H,5-10H2,1-4H3. The summed E-state index contributed by atoms with van der Waals surface area (Å²) in [4.78, 5) is 23.6. The van der Waals surface area contributed by atoms with Gasteiger partial charge < -0.3 is 4.74 Å². The first-order valence-electron chi connectivity index (χ1n) is 7.21. The summed E-state index contributed by atoms with van der Waals surface area (Å²) >= 11 is 0. The van der Waals surface area contributed by atoms with Crippen LogP contribution in [0.4, 0.5) is 0 Å². The molecule has 3 unspecified atom stereocenters. The Balaban J connectivity index is 2.87. The fourth-order valence-electron chi connectivity index (χ4n) is 3.23. The summed E-state index contributed by atoms with van der Waals surface area (Å²) in [5.74, 6) is 0.0663. The highest BCUT2D eigenvalue weighted by atomic mass is 16.6. The van der Waals surface area contributed by atoms with Crippen molar-refractivity contribution in [3.8, 4) is 0 Å². The van der Waals surface area contributed by atoms with Gasteiger partial charge in [0.25, 0.3) is 0 Å². The van der Waals surface area contributed by atoms with Crippen molar-refractivity contribution < 1.29 is 14.3 Å². The SMILES string of the molecule is CCCC(C)CC1(C(C)CCC)CC(=O)OC1=O. The van der Waals surface area contributed by atoms with Crippen molar-refractivity contribution in [1.82, 2.24) is 0 Å². The minimum absolute atomic E-state index is 0.223. The van der Waals surface area contributed by atoms with Crippen molar-refractivity contribution in [1.29, 1.82) is 0 Å². The van der Waals surface area contributed by atoms with Gasteiger partial charge in [-0.3, -0.25) is 9.59 Å². The van der Waals surface area contributed by atoms with Crippen LogP contribution >= 0.6 is 0 Å². The van der Waals surface area contributed by atoms with E-state index in [0.29, 0.717) is 5.92 Å². The molecular weight excluding hydrogens is 228 g/mol. The molecule has 0 aromatic rings. The van der Waals surface area contributed by atoms with Crippen molar-refractivity contribution in [2.75, 3.05) is 0 Å². The van der Waals surface area contributed by atoms with E-state index in [0.717, 1.165) is 32.1 Å². The highest BCUT2D eigenvalue weighted by Crippen LogP contribution is 2.46. The molecule has 0 aromatic carbocycles. The number of esters is 2. The molecule has 0 bridgehead atoms. The first-order chi connectivity index (χ1) is 8.46. The summed E-state index contributed by atoms with van der Waals surface area (Å²) in [6, 6.07) is 0. The molecule has 1 heterocycles. The van der Waals surface area contributed by atoms with Crippen molar-refractivity contribution >= 4 is 11.9 Å². The summed E-state index contributed by atoms with van der Waals surface area (Å²) in [5.41, 5.74) is -0.554. The van der Waals surface area contributed by atoms with Gasteiger partial charge in [-0.1, -0.05) is 47.0 Å². The van der Waals surface area contributed by atoms with E-state index in [-0.39, 0.29) is 24.3 Å². The Morgan fingerprint density at radius 1 is 1.17 bits per heavy atom. The molecule has 0 aliphatic carbocycles. The van der Waals surface area contributed by atoms with Gasteiger partial charge in [0.05, 0.1) is 11.8 Å². The lowest BCUT2D eigenvalue weighted by atomic mass is 9.67. The number of carbonyl (C=O) groups excluding carboxylic acids is 2. The number of ether oxygens (including phenoxy) is 1. The quantitative estimate of drug-likeness (QED) is 0.514. The first-order valence-corrected chi connectivity index (χ1v) is 7.21. The second-order valence-corrected chi connectivity index (χ2v) is 5.88. The molecular formula is C15H26O3. The largest absolute Gasteiger partial charge is 0.393 e. The lowest BCUT2D eigenvalue weighted by Crippen LogP contribution is -2.35. The third-order valence-corrected chi connectivity index (χ3v) is 4.23. The predicted molar refractivity (Wildman–Crippen MR) is 70.9 cm³/mol. The number of rotatable bonds is 7. The molecule has 0 aromatic heterocycles. The zero-order valence-corrected chi connectivity index (χ0v) is 12.1. The molecule has 0 spiro atoms. The van der Waals surface area contributed by atoms with Crippen LogP contribution in [0.15, 0.2) is 0 Å². The van der Waals surface area contributed by atoms with Crippen LogP contribution in [0.1, 0.15) is 66.2 Å². The molecule has 3 heteroatoms. The zero-order valence-electron chi connectivity index (χ0n) is 12.1. The maximum atomic E-state index is 12.1. The smallest absolute Gasteiger partial charge is 0.320 e. The van der Waals surface area contributed by atoms with Crippen molar-refractivity contribution in [3.05, 3.63) is 0 Å². The van der Waals surface area contributed by atoms with Crippen LogP contribution in [0.3, 0.4) is 0 Å². The molecule has 0 saturated carbocycles. The van der Waals surface area contributed by atoms with Gasteiger partial charge in [0.2, 0.25) is 0 Å². The molecule has 0 radical (unpaired) electrons. The Bertz CT molecular complexity index is 311. The van der Waals surface area contributed by atoms with Gasteiger partial charge in [-0.15, -0.1) is 0 Å². The lowest BCUT2D eigenvalue weighted by molar-refractivity contribution is -0.156. The normalized spacial score (nSPS) is 27.1. The Kier molecular flexibility index (Phi) is 5.36. The van der Waals surface area contributed by atoms with Crippen molar-refractivity contribution in [3.63, 3.8) is 0 Å². The Labute approximate surface area is 110 Å². The second-order valence-electron chi connectivity index (χ2n) is 5.88. The Morgan fingerprint density at radius 2 is 1.78 bits per heavy atom. The predicted octanol–water partition coefficient (Wildman–Crippen LogP) is 3.71. The molecule has 1 aliphatic heterocycles. The number of hydrogen-bond acceptors (Lipinski definition) is 3. The zero-order chi connectivity index (χ0) is 13.8. The molecule has 104 valence electrons. The van der Waals surface area contributed by atoms with Crippen LogP contribution in [0.2, 0.25) is 0 Å². The van der Waals surface area contributed by atoms with Gasteiger partial charge in [-0.25, -0.2) is 0 Å². The van der Waals surface area contributed by atoms with Crippen LogP contribution in [-0.4, -0.2) is 11.9 Å². The molecule has 0 N–H and O–H groups in total. The number of cyclic esters (lactones) is 2. The molecule has 1 saturated heterocycles. The third-order valence-electron chi connectivity index (χ3n) is 4.23. The summed E-state index contributed by atoms with van der Waals surface area (Å²) in [6.45, 7) is 8.51. The van der Waals surface area contributed by atoms with E-state index < -0.39 is 5.41 Å². The second kappa shape index (κ2) is 6.35. The minimum Gasteiger partial charge on any atom is -0.393 e. The minimum atomic E-state index is -0.554. The van der Waals surface area contributed by atoms with E-state index in [1.807, 2.05) is 0 Å². The molecule has 1 fully saturated rings. The van der Waals surface area contributed by atoms with E-state index in [9.17, 15) is 9.59 Å². The molecule has 1 aliphatic rings. The van der Waals surface area contributed by atoms with Crippen LogP contribution in [0, 0.1) is 17.3 Å². The highest BCUT2D eigenvalue weighted by Gasteiger charge is 2.52. The fraction of sp³-hybridized carbons (Fsp3) is 0.867. The van der Waals surface area contributed by atoms with E-state index in [1.165, 1.54) is 0 Å². The van der Waals surface area contributed by atoms with E-state index in [1.54, 1.807) is 0 Å².